The van der Waals surface area contributed by atoms with Gasteiger partial charge in [-0.2, -0.15) is 5.26 Å². The molecule has 6 heteroatoms. The number of hydrogen-bond donors (Lipinski definition) is 2. The van der Waals surface area contributed by atoms with E-state index in [2.05, 4.69) is 5.43 Å². The van der Waals surface area contributed by atoms with Crippen molar-refractivity contribution in [2.75, 3.05) is 7.11 Å². The van der Waals surface area contributed by atoms with Gasteiger partial charge in [-0.25, -0.2) is 5.84 Å². The van der Waals surface area contributed by atoms with E-state index >= 15 is 0 Å². The molecule has 19 heavy (non-hydrogen) atoms. The Morgan fingerprint density at radius 1 is 1.42 bits per heavy atom. The Hall–Kier alpha value is -2.26. The lowest BCUT2D eigenvalue weighted by molar-refractivity contribution is -0.129. The molecule has 0 aliphatic heterocycles. The molecule has 0 saturated heterocycles. The molecule has 102 valence electrons. The summed E-state index contributed by atoms with van der Waals surface area (Å²) in [5, 5.41) is 8.82. The van der Waals surface area contributed by atoms with Gasteiger partial charge in [0.2, 0.25) is 0 Å². The average Bonchev–Trinajstić information content (AvgIpc) is 2.43. The highest BCUT2D eigenvalue weighted by molar-refractivity contribution is 5.80. The number of benzene rings is 1. The van der Waals surface area contributed by atoms with E-state index in [9.17, 15) is 4.79 Å². The molecular weight excluding hydrogens is 246 g/mol. The van der Waals surface area contributed by atoms with Crippen LogP contribution >= 0.6 is 0 Å². The van der Waals surface area contributed by atoms with Crippen molar-refractivity contribution in [2.45, 2.75) is 20.0 Å². The standard InChI is InChI=1S/C13H17N3O3/c1-8(2)12(13(17)16-15)19-10-5-4-9(7-14)6-11(10)18-3/h4-6,8,12H,15H2,1-3H3,(H,16,17). The van der Waals surface area contributed by atoms with Gasteiger partial charge in [-0.1, -0.05) is 13.8 Å². The van der Waals surface area contributed by atoms with E-state index in [-0.39, 0.29) is 5.92 Å². The monoisotopic (exact) mass is 263 g/mol. The molecule has 1 atom stereocenters. The number of ether oxygens (including phenoxy) is 2. The van der Waals surface area contributed by atoms with Crippen LogP contribution in [0.15, 0.2) is 18.2 Å². The summed E-state index contributed by atoms with van der Waals surface area (Å²) in [4.78, 5) is 11.6. The zero-order valence-corrected chi connectivity index (χ0v) is 11.1. The van der Waals surface area contributed by atoms with Gasteiger partial charge in [0.25, 0.3) is 5.91 Å². The van der Waals surface area contributed by atoms with Gasteiger partial charge in [0.15, 0.2) is 17.6 Å². The van der Waals surface area contributed by atoms with Gasteiger partial charge in [0.05, 0.1) is 18.7 Å². The van der Waals surface area contributed by atoms with Gasteiger partial charge in [0.1, 0.15) is 0 Å². The van der Waals surface area contributed by atoms with Crippen molar-refractivity contribution in [3.05, 3.63) is 23.8 Å². The summed E-state index contributed by atoms with van der Waals surface area (Å²) in [6.07, 6.45) is -0.730. The number of methoxy groups -OCH3 is 1. The second kappa shape index (κ2) is 6.61. The number of carbonyl (C=O) groups is 1. The quantitative estimate of drug-likeness (QED) is 0.468. The summed E-state index contributed by atoms with van der Waals surface area (Å²) < 4.78 is 10.8. The van der Waals surface area contributed by atoms with Crippen molar-refractivity contribution in [1.29, 1.82) is 5.26 Å². The van der Waals surface area contributed by atoms with E-state index in [1.807, 2.05) is 19.9 Å². The zero-order chi connectivity index (χ0) is 14.4. The lowest BCUT2D eigenvalue weighted by Gasteiger charge is -2.21. The summed E-state index contributed by atoms with van der Waals surface area (Å²) >= 11 is 0. The van der Waals surface area contributed by atoms with Crippen LogP contribution < -0.4 is 20.7 Å². The van der Waals surface area contributed by atoms with Crippen molar-refractivity contribution in [1.82, 2.24) is 5.43 Å². The van der Waals surface area contributed by atoms with E-state index < -0.39 is 12.0 Å². The smallest absolute Gasteiger partial charge is 0.275 e. The molecule has 0 aliphatic carbocycles. The maximum atomic E-state index is 11.6. The molecule has 1 amide bonds. The first kappa shape index (κ1) is 14.8. The molecular formula is C13H17N3O3. The largest absolute Gasteiger partial charge is 0.493 e. The number of hydrogen-bond acceptors (Lipinski definition) is 5. The van der Waals surface area contributed by atoms with E-state index in [0.29, 0.717) is 17.1 Å². The van der Waals surface area contributed by atoms with Gasteiger partial charge < -0.3 is 9.47 Å². The van der Waals surface area contributed by atoms with E-state index in [1.54, 1.807) is 18.2 Å². The third-order valence-corrected chi connectivity index (χ3v) is 2.55. The van der Waals surface area contributed by atoms with Crippen LogP contribution in [0.3, 0.4) is 0 Å². The normalized spacial score (nSPS) is 11.6. The Morgan fingerprint density at radius 3 is 2.58 bits per heavy atom. The molecule has 0 spiro atoms. The van der Waals surface area contributed by atoms with Crippen molar-refractivity contribution in [2.24, 2.45) is 11.8 Å². The van der Waals surface area contributed by atoms with Crippen LogP contribution in [0.1, 0.15) is 19.4 Å². The molecule has 1 aromatic rings. The third-order valence-electron chi connectivity index (χ3n) is 2.55. The Morgan fingerprint density at radius 2 is 2.11 bits per heavy atom. The fraction of sp³-hybridized carbons (Fsp3) is 0.385. The van der Waals surface area contributed by atoms with Crippen molar-refractivity contribution in [3.63, 3.8) is 0 Å². The number of amides is 1. The summed E-state index contributed by atoms with van der Waals surface area (Å²) in [6, 6.07) is 6.74. The van der Waals surface area contributed by atoms with Crippen LogP contribution in [0.2, 0.25) is 0 Å². The van der Waals surface area contributed by atoms with E-state index in [0.717, 1.165) is 0 Å². The summed E-state index contributed by atoms with van der Waals surface area (Å²) in [7, 11) is 1.47. The van der Waals surface area contributed by atoms with Gasteiger partial charge in [-0.15, -0.1) is 0 Å². The molecule has 1 unspecified atom stereocenters. The van der Waals surface area contributed by atoms with Crippen molar-refractivity contribution in [3.8, 4) is 17.6 Å². The maximum Gasteiger partial charge on any atom is 0.275 e. The predicted octanol–water partition coefficient (Wildman–Crippen LogP) is 0.960. The molecule has 0 saturated carbocycles. The lowest BCUT2D eigenvalue weighted by Crippen LogP contribution is -2.44. The molecule has 0 aromatic heterocycles. The second-order valence-corrected chi connectivity index (χ2v) is 4.27. The van der Waals surface area contributed by atoms with Gasteiger partial charge in [-0.05, 0) is 18.1 Å². The number of hydrazine groups is 1. The zero-order valence-electron chi connectivity index (χ0n) is 11.1. The Labute approximate surface area is 112 Å². The lowest BCUT2D eigenvalue weighted by atomic mass is 10.1. The number of nitriles is 1. The van der Waals surface area contributed by atoms with Crippen LogP contribution in [0.5, 0.6) is 11.5 Å². The van der Waals surface area contributed by atoms with Crippen LogP contribution in [-0.2, 0) is 4.79 Å². The van der Waals surface area contributed by atoms with Crippen molar-refractivity contribution >= 4 is 5.91 Å². The summed E-state index contributed by atoms with van der Waals surface area (Å²) in [5.74, 6) is 5.44. The fourth-order valence-corrected chi connectivity index (χ4v) is 1.55. The third kappa shape index (κ3) is 3.60. The molecule has 1 rings (SSSR count). The van der Waals surface area contributed by atoms with E-state index in [4.69, 9.17) is 20.6 Å². The number of nitrogens with one attached hydrogen (secondary N) is 1. The molecule has 0 aliphatic rings. The van der Waals surface area contributed by atoms with Gasteiger partial charge >= 0.3 is 0 Å². The molecule has 6 nitrogen and oxygen atoms in total. The van der Waals surface area contributed by atoms with Crippen LogP contribution in [0.4, 0.5) is 0 Å². The predicted molar refractivity (Wildman–Crippen MR) is 69.3 cm³/mol. The number of nitrogens with zero attached hydrogens (tertiary/aromatic N) is 1. The number of rotatable bonds is 5. The Balaban J connectivity index is 3.03. The summed E-state index contributed by atoms with van der Waals surface area (Å²) in [6.45, 7) is 3.69. The van der Waals surface area contributed by atoms with Crippen LogP contribution in [0.25, 0.3) is 0 Å². The highest BCUT2D eigenvalue weighted by Gasteiger charge is 2.24. The molecule has 0 fully saturated rings. The van der Waals surface area contributed by atoms with Crippen molar-refractivity contribution < 1.29 is 14.3 Å². The number of carbonyl (C=O) groups excluding carboxylic acids is 1. The van der Waals surface area contributed by atoms with Crippen LogP contribution in [0, 0.1) is 17.2 Å². The first-order chi connectivity index (χ1) is 9.03. The minimum absolute atomic E-state index is 0.0658. The SMILES string of the molecule is COc1cc(C#N)ccc1OC(C(=O)NN)C(C)C. The first-order valence-corrected chi connectivity index (χ1v) is 5.78. The molecule has 0 heterocycles. The van der Waals surface area contributed by atoms with E-state index in [1.165, 1.54) is 7.11 Å². The second-order valence-electron chi connectivity index (χ2n) is 4.27. The topological polar surface area (TPSA) is 97.4 Å². The Kier molecular flexibility index (Phi) is 5.15. The highest BCUT2D eigenvalue weighted by atomic mass is 16.5. The Bertz CT molecular complexity index is 494. The van der Waals surface area contributed by atoms with Gasteiger partial charge in [-0.3, -0.25) is 10.2 Å². The minimum Gasteiger partial charge on any atom is -0.493 e. The highest BCUT2D eigenvalue weighted by Crippen LogP contribution is 2.29. The van der Waals surface area contributed by atoms with Crippen LogP contribution in [-0.4, -0.2) is 19.1 Å². The first-order valence-electron chi connectivity index (χ1n) is 5.78. The van der Waals surface area contributed by atoms with Gasteiger partial charge in [0, 0.05) is 6.07 Å². The number of nitrogens with two attached hydrogens (primary N) is 1. The summed E-state index contributed by atoms with van der Waals surface area (Å²) in [5.41, 5.74) is 2.52. The molecule has 3 N–H and O–H groups in total. The average molecular weight is 263 g/mol. The minimum atomic E-state index is -0.730. The molecule has 0 bridgehead atoms. The molecule has 0 radical (unpaired) electrons. The fourth-order valence-electron chi connectivity index (χ4n) is 1.55. The molecule has 1 aromatic carbocycles. The maximum absolute atomic E-state index is 11.6.